The van der Waals surface area contributed by atoms with Crippen LogP contribution in [0.1, 0.15) is 0 Å². The first-order valence-corrected chi connectivity index (χ1v) is 5.27. The van der Waals surface area contributed by atoms with Crippen molar-refractivity contribution in [2.45, 2.75) is 6.36 Å². The monoisotopic (exact) mass is 242 g/mol. The maximum atomic E-state index is 11.7. The van der Waals surface area contributed by atoms with Crippen molar-refractivity contribution in [3.63, 3.8) is 0 Å². The number of aliphatic hydroxyl groups excluding tert-OH is 1. The molecule has 0 radical (unpaired) electrons. The highest BCUT2D eigenvalue weighted by atomic mass is 19.4. The van der Waals surface area contributed by atoms with E-state index in [1.807, 2.05) is 4.90 Å². The van der Waals surface area contributed by atoms with Crippen LogP contribution < -0.4 is 0 Å². The Kier molecular flexibility index (Phi) is 5.47. The summed E-state index contributed by atoms with van der Waals surface area (Å²) in [5.41, 5.74) is 0. The van der Waals surface area contributed by atoms with E-state index >= 15 is 0 Å². The Hall–Kier alpha value is -0.370. The highest BCUT2D eigenvalue weighted by molar-refractivity contribution is 4.71. The number of aliphatic hydroxyl groups is 1. The summed E-state index contributed by atoms with van der Waals surface area (Å²) in [7, 11) is 0. The van der Waals surface area contributed by atoms with Crippen LogP contribution in [0.2, 0.25) is 0 Å². The van der Waals surface area contributed by atoms with Gasteiger partial charge in [-0.05, 0) is 0 Å². The van der Waals surface area contributed by atoms with Crippen molar-refractivity contribution in [1.29, 1.82) is 0 Å². The summed E-state index contributed by atoms with van der Waals surface area (Å²) >= 11 is 0. The second-order valence-corrected chi connectivity index (χ2v) is 3.70. The smallest absolute Gasteiger partial charge is 0.395 e. The predicted octanol–water partition coefficient (Wildman–Crippen LogP) is 0.133. The normalized spacial score (nSPS) is 20.2. The van der Waals surface area contributed by atoms with Crippen LogP contribution in [0.25, 0.3) is 0 Å². The molecule has 0 aromatic rings. The van der Waals surface area contributed by atoms with Gasteiger partial charge in [0, 0.05) is 39.3 Å². The molecular formula is C9H17F3N2O2. The van der Waals surface area contributed by atoms with E-state index in [0.717, 1.165) is 26.2 Å². The quantitative estimate of drug-likeness (QED) is 0.743. The Bertz CT molecular complexity index is 194. The lowest BCUT2D eigenvalue weighted by Crippen LogP contribution is -2.48. The molecule has 1 saturated heterocycles. The van der Waals surface area contributed by atoms with Crippen LogP contribution >= 0.6 is 0 Å². The van der Waals surface area contributed by atoms with Gasteiger partial charge in [0.05, 0.1) is 13.2 Å². The van der Waals surface area contributed by atoms with E-state index in [4.69, 9.17) is 5.11 Å². The summed E-state index contributed by atoms with van der Waals surface area (Å²) < 4.78 is 38.8. The summed E-state index contributed by atoms with van der Waals surface area (Å²) in [5.74, 6) is 0. The number of halogens is 3. The SMILES string of the molecule is OCCN1CCN(CCOC(F)(F)F)CC1. The van der Waals surface area contributed by atoms with E-state index < -0.39 is 6.36 Å². The molecule has 0 amide bonds. The van der Waals surface area contributed by atoms with Gasteiger partial charge < -0.3 is 5.11 Å². The first-order chi connectivity index (χ1) is 7.51. The van der Waals surface area contributed by atoms with Gasteiger partial charge in [-0.1, -0.05) is 0 Å². The predicted molar refractivity (Wildman–Crippen MR) is 52.0 cm³/mol. The van der Waals surface area contributed by atoms with Crippen LogP contribution in [0.3, 0.4) is 0 Å². The second-order valence-electron chi connectivity index (χ2n) is 3.70. The van der Waals surface area contributed by atoms with Crippen molar-refractivity contribution in [1.82, 2.24) is 9.80 Å². The van der Waals surface area contributed by atoms with Gasteiger partial charge in [0.1, 0.15) is 0 Å². The molecule has 0 aliphatic carbocycles. The minimum absolute atomic E-state index is 0.122. The molecule has 16 heavy (non-hydrogen) atoms. The Morgan fingerprint density at radius 2 is 1.50 bits per heavy atom. The fourth-order valence-electron chi connectivity index (χ4n) is 1.67. The van der Waals surface area contributed by atoms with Gasteiger partial charge in [0.2, 0.25) is 0 Å². The number of ether oxygens (including phenoxy) is 1. The van der Waals surface area contributed by atoms with Crippen molar-refractivity contribution in [3.05, 3.63) is 0 Å². The third-order valence-electron chi connectivity index (χ3n) is 2.55. The van der Waals surface area contributed by atoms with Gasteiger partial charge in [-0.25, -0.2) is 0 Å². The molecule has 0 atom stereocenters. The summed E-state index contributed by atoms with van der Waals surface area (Å²) in [6, 6.07) is 0. The van der Waals surface area contributed by atoms with Crippen LogP contribution in [-0.2, 0) is 4.74 Å². The maximum absolute atomic E-state index is 11.7. The van der Waals surface area contributed by atoms with Gasteiger partial charge in [-0.2, -0.15) is 0 Å². The number of piperazine rings is 1. The molecule has 4 nitrogen and oxygen atoms in total. The van der Waals surface area contributed by atoms with Gasteiger partial charge in [0.25, 0.3) is 0 Å². The van der Waals surface area contributed by atoms with E-state index in [2.05, 4.69) is 9.64 Å². The lowest BCUT2D eigenvalue weighted by atomic mass is 10.3. The summed E-state index contributed by atoms with van der Waals surface area (Å²) in [6.45, 7) is 3.75. The molecule has 0 unspecified atom stereocenters. The molecule has 0 aromatic heterocycles. The fourth-order valence-corrected chi connectivity index (χ4v) is 1.67. The zero-order valence-electron chi connectivity index (χ0n) is 9.04. The Morgan fingerprint density at radius 3 is 1.94 bits per heavy atom. The number of hydrogen-bond donors (Lipinski definition) is 1. The van der Waals surface area contributed by atoms with E-state index in [-0.39, 0.29) is 13.2 Å². The maximum Gasteiger partial charge on any atom is 0.522 e. The molecule has 0 bridgehead atoms. The van der Waals surface area contributed by atoms with Crippen LogP contribution in [0.5, 0.6) is 0 Å². The molecule has 1 rings (SSSR count). The molecule has 1 aliphatic rings. The Balaban J connectivity index is 2.08. The number of rotatable bonds is 5. The molecule has 1 aliphatic heterocycles. The largest absolute Gasteiger partial charge is 0.522 e. The third kappa shape index (κ3) is 5.64. The van der Waals surface area contributed by atoms with Crippen LogP contribution in [-0.4, -0.2) is 73.8 Å². The number of nitrogens with zero attached hydrogens (tertiary/aromatic N) is 2. The minimum Gasteiger partial charge on any atom is -0.395 e. The number of β-amino-alcohol motifs (C(OH)–C–C–N with tert-alkyl or cyclic N) is 1. The van der Waals surface area contributed by atoms with E-state index in [1.54, 1.807) is 0 Å². The van der Waals surface area contributed by atoms with Gasteiger partial charge in [-0.3, -0.25) is 14.5 Å². The van der Waals surface area contributed by atoms with Crippen LogP contribution in [0, 0.1) is 0 Å². The second kappa shape index (κ2) is 6.39. The average molecular weight is 242 g/mol. The van der Waals surface area contributed by atoms with Crippen LogP contribution in [0.15, 0.2) is 0 Å². The van der Waals surface area contributed by atoms with Gasteiger partial charge in [0.15, 0.2) is 0 Å². The first kappa shape index (κ1) is 13.7. The number of hydrogen-bond acceptors (Lipinski definition) is 4. The zero-order valence-corrected chi connectivity index (χ0v) is 9.04. The average Bonchev–Trinajstić information content (AvgIpc) is 2.19. The third-order valence-corrected chi connectivity index (χ3v) is 2.55. The number of alkyl halides is 3. The Labute approximate surface area is 92.6 Å². The van der Waals surface area contributed by atoms with Crippen molar-refractivity contribution in [2.24, 2.45) is 0 Å². The van der Waals surface area contributed by atoms with Crippen molar-refractivity contribution in [3.8, 4) is 0 Å². The molecule has 96 valence electrons. The molecule has 1 heterocycles. The molecule has 0 saturated carbocycles. The van der Waals surface area contributed by atoms with E-state index in [1.165, 1.54) is 0 Å². The summed E-state index contributed by atoms with van der Waals surface area (Å²) in [6.07, 6.45) is -4.53. The fraction of sp³-hybridized carbons (Fsp3) is 1.00. The standard InChI is InChI=1S/C9H17F3N2O2/c10-9(11,12)16-8-6-14-3-1-13(2-4-14)5-7-15/h15H,1-8H2. The highest BCUT2D eigenvalue weighted by Crippen LogP contribution is 2.15. The van der Waals surface area contributed by atoms with Gasteiger partial charge >= 0.3 is 6.36 Å². The molecule has 1 fully saturated rings. The highest BCUT2D eigenvalue weighted by Gasteiger charge is 2.29. The van der Waals surface area contributed by atoms with Crippen molar-refractivity contribution in [2.75, 3.05) is 52.5 Å². The van der Waals surface area contributed by atoms with Gasteiger partial charge in [-0.15, -0.1) is 13.2 Å². The zero-order chi connectivity index (χ0) is 12.0. The van der Waals surface area contributed by atoms with Crippen molar-refractivity contribution >= 4 is 0 Å². The van der Waals surface area contributed by atoms with Crippen LogP contribution in [0.4, 0.5) is 13.2 Å². The Morgan fingerprint density at radius 1 is 1.00 bits per heavy atom. The topological polar surface area (TPSA) is 35.9 Å². The molecule has 0 aromatic carbocycles. The summed E-state index contributed by atoms with van der Waals surface area (Å²) in [4.78, 5) is 4.01. The molecular weight excluding hydrogens is 225 g/mol. The first-order valence-electron chi connectivity index (χ1n) is 5.27. The van der Waals surface area contributed by atoms with E-state index in [0.29, 0.717) is 13.1 Å². The summed E-state index contributed by atoms with van der Waals surface area (Å²) in [5, 5.41) is 8.72. The molecule has 0 spiro atoms. The molecule has 1 N–H and O–H groups in total. The minimum atomic E-state index is -4.53. The lowest BCUT2D eigenvalue weighted by molar-refractivity contribution is -0.325. The van der Waals surface area contributed by atoms with Crippen molar-refractivity contribution < 1.29 is 23.0 Å². The lowest BCUT2D eigenvalue weighted by Gasteiger charge is -2.34. The molecule has 7 heteroatoms. The van der Waals surface area contributed by atoms with E-state index in [9.17, 15) is 13.2 Å².